The zero-order chi connectivity index (χ0) is 16.9. The van der Waals surface area contributed by atoms with Gasteiger partial charge in [0.25, 0.3) is 0 Å². The molecule has 0 saturated heterocycles. The summed E-state index contributed by atoms with van der Waals surface area (Å²) in [5.74, 6) is 0.608. The zero-order valence-electron chi connectivity index (χ0n) is 13.3. The van der Waals surface area contributed by atoms with E-state index in [1.807, 2.05) is 30.3 Å². The van der Waals surface area contributed by atoms with Crippen molar-refractivity contribution in [3.05, 3.63) is 64.7 Å². The molecule has 1 amide bonds. The van der Waals surface area contributed by atoms with Crippen LogP contribution in [0.25, 0.3) is 5.65 Å². The summed E-state index contributed by atoms with van der Waals surface area (Å²) < 4.78 is 7.96. The fraction of sp³-hybridized carbons (Fsp3) is 0.235. The zero-order valence-corrected chi connectivity index (χ0v) is 13.3. The molecule has 0 spiro atoms. The summed E-state index contributed by atoms with van der Waals surface area (Å²) in [6.07, 6.45) is 1.93. The lowest BCUT2D eigenvalue weighted by Crippen LogP contribution is -2.32. The lowest BCUT2D eigenvalue weighted by molar-refractivity contribution is -0.120. The molecule has 0 radical (unpaired) electrons. The van der Waals surface area contributed by atoms with E-state index in [-0.39, 0.29) is 18.0 Å². The largest absolute Gasteiger partial charge is 0.497 e. The number of fused-ring (bicyclic) bond motifs is 1. The molecule has 0 fully saturated rings. The van der Waals surface area contributed by atoms with Crippen LogP contribution >= 0.6 is 0 Å². The van der Waals surface area contributed by atoms with E-state index in [0.29, 0.717) is 18.7 Å². The van der Waals surface area contributed by atoms with E-state index in [0.717, 1.165) is 11.3 Å². The summed E-state index contributed by atoms with van der Waals surface area (Å²) in [7, 11) is 1.59. The molecule has 0 bridgehead atoms. The molecule has 24 heavy (non-hydrogen) atoms. The number of benzene rings is 1. The number of nitrogens with zero attached hydrogens (tertiary/aromatic N) is 3. The average molecular weight is 326 g/mol. The summed E-state index contributed by atoms with van der Waals surface area (Å²) >= 11 is 0. The Hall–Kier alpha value is -3.09. The van der Waals surface area contributed by atoms with E-state index in [9.17, 15) is 9.59 Å². The number of carbonyl (C=O) groups excluding carboxylic acids is 1. The first kappa shape index (κ1) is 15.8. The van der Waals surface area contributed by atoms with Gasteiger partial charge in [-0.2, -0.15) is 0 Å². The molecule has 3 aromatic rings. The van der Waals surface area contributed by atoms with Gasteiger partial charge in [-0.1, -0.05) is 18.2 Å². The number of carbonyl (C=O) groups is 1. The van der Waals surface area contributed by atoms with Gasteiger partial charge in [0.1, 0.15) is 5.75 Å². The van der Waals surface area contributed by atoms with Crippen LogP contribution in [-0.2, 0) is 17.8 Å². The van der Waals surface area contributed by atoms with Crippen molar-refractivity contribution in [3.63, 3.8) is 0 Å². The highest BCUT2D eigenvalue weighted by atomic mass is 16.5. The van der Waals surface area contributed by atoms with Crippen molar-refractivity contribution in [2.45, 2.75) is 13.0 Å². The maximum Gasteiger partial charge on any atom is 0.350 e. The van der Waals surface area contributed by atoms with Gasteiger partial charge in [-0.15, -0.1) is 5.10 Å². The monoisotopic (exact) mass is 326 g/mol. The first-order chi connectivity index (χ1) is 11.7. The molecule has 124 valence electrons. The molecule has 0 aliphatic carbocycles. The van der Waals surface area contributed by atoms with Gasteiger partial charge in [0.15, 0.2) is 5.65 Å². The number of rotatable bonds is 6. The number of ether oxygens (including phenoxy) is 1. The van der Waals surface area contributed by atoms with E-state index < -0.39 is 0 Å². The third-order valence-electron chi connectivity index (χ3n) is 3.63. The number of nitrogens with one attached hydrogen (secondary N) is 1. The summed E-state index contributed by atoms with van der Waals surface area (Å²) in [6, 6.07) is 12.7. The normalized spacial score (nSPS) is 10.7. The summed E-state index contributed by atoms with van der Waals surface area (Å²) in [4.78, 5) is 24.1. The molecule has 3 rings (SSSR count). The topological polar surface area (TPSA) is 77.6 Å². The molecule has 1 aromatic carbocycles. The molecule has 7 nitrogen and oxygen atoms in total. The van der Waals surface area contributed by atoms with Gasteiger partial charge in [-0.05, 0) is 29.8 Å². The van der Waals surface area contributed by atoms with Crippen molar-refractivity contribution in [3.8, 4) is 5.75 Å². The van der Waals surface area contributed by atoms with E-state index in [2.05, 4.69) is 10.4 Å². The smallest absolute Gasteiger partial charge is 0.350 e. The van der Waals surface area contributed by atoms with Gasteiger partial charge < -0.3 is 10.1 Å². The lowest BCUT2D eigenvalue weighted by atomic mass is 10.1. The molecule has 2 aromatic heterocycles. The van der Waals surface area contributed by atoms with Crippen LogP contribution in [0.1, 0.15) is 5.56 Å². The minimum absolute atomic E-state index is 0.111. The Morgan fingerprint density at radius 1 is 1.25 bits per heavy atom. The Kier molecular flexibility index (Phi) is 4.60. The number of hydrogen-bond acceptors (Lipinski definition) is 4. The third-order valence-corrected chi connectivity index (χ3v) is 3.63. The highest BCUT2D eigenvalue weighted by Gasteiger charge is 2.07. The Bertz CT molecular complexity index is 913. The fourth-order valence-corrected chi connectivity index (χ4v) is 2.45. The van der Waals surface area contributed by atoms with Crippen LogP contribution in [0.2, 0.25) is 0 Å². The third kappa shape index (κ3) is 3.45. The number of pyridine rings is 1. The quantitative estimate of drug-likeness (QED) is 0.729. The van der Waals surface area contributed by atoms with Crippen LogP contribution in [0.5, 0.6) is 5.75 Å². The van der Waals surface area contributed by atoms with Gasteiger partial charge in [-0.3, -0.25) is 9.20 Å². The Balaban J connectivity index is 1.56. The van der Waals surface area contributed by atoms with Crippen LogP contribution in [0.15, 0.2) is 53.5 Å². The molecular weight excluding hydrogens is 308 g/mol. The molecule has 0 aliphatic heterocycles. The first-order valence-electron chi connectivity index (χ1n) is 7.61. The standard InChI is InChI=1S/C17H18N4O3/c1-24-14-6-4-5-13(11-14)12-16(22)18-8-10-21-17(23)20-9-3-2-7-15(20)19-21/h2-7,9,11H,8,10,12H2,1H3,(H,18,22). The van der Waals surface area contributed by atoms with E-state index in [1.54, 1.807) is 25.4 Å². The van der Waals surface area contributed by atoms with Crippen molar-refractivity contribution >= 4 is 11.6 Å². The summed E-state index contributed by atoms with van der Waals surface area (Å²) in [6.45, 7) is 0.664. The molecule has 7 heteroatoms. The molecule has 0 unspecified atom stereocenters. The SMILES string of the molecule is COc1cccc(CC(=O)NCCn2nc3ccccn3c2=O)c1. The maximum atomic E-state index is 12.1. The Morgan fingerprint density at radius 2 is 2.12 bits per heavy atom. The second kappa shape index (κ2) is 6.99. The molecule has 1 N–H and O–H groups in total. The van der Waals surface area contributed by atoms with Gasteiger partial charge in [0.05, 0.1) is 20.1 Å². The van der Waals surface area contributed by atoms with Crippen LogP contribution in [0, 0.1) is 0 Å². The van der Waals surface area contributed by atoms with Crippen LogP contribution in [0.4, 0.5) is 0 Å². The van der Waals surface area contributed by atoms with Gasteiger partial charge >= 0.3 is 5.69 Å². The summed E-state index contributed by atoms with van der Waals surface area (Å²) in [5.41, 5.74) is 1.24. The molecular formula is C17H18N4O3. The number of methoxy groups -OCH3 is 1. The van der Waals surface area contributed by atoms with E-state index in [4.69, 9.17) is 4.74 Å². The Morgan fingerprint density at radius 3 is 2.92 bits per heavy atom. The van der Waals surface area contributed by atoms with Crippen LogP contribution in [0.3, 0.4) is 0 Å². The summed E-state index contributed by atoms with van der Waals surface area (Å²) in [5, 5.41) is 7.02. The predicted molar refractivity (Wildman–Crippen MR) is 89.2 cm³/mol. The van der Waals surface area contributed by atoms with Gasteiger partial charge in [-0.25, -0.2) is 9.48 Å². The second-order valence-corrected chi connectivity index (χ2v) is 5.31. The minimum atomic E-state index is -0.215. The molecule has 0 atom stereocenters. The molecule has 0 saturated carbocycles. The van der Waals surface area contributed by atoms with Crippen molar-refractivity contribution in [1.82, 2.24) is 19.5 Å². The van der Waals surface area contributed by atoms with Crippen molar-refractivity contribution in [2.75, 3.05) is 13.7 Å². The number of amides is 1. The van der Waals surface area contributed by atoms with Gasteiger partial charge in [0.2, 0.25) is 5.91 Å². The number of aromatic nitrogens is 3. The molecule has 0 aliphatic rings. The average Bonchev–Trinajstić information content (AvgIpc) is 2.91. The van der Waals surface area contributed by atoms with Crippen molar-refractivity contribution < 1.29 is 9.53 Å². The minimum Gasteiger partial charge on any atom is -0.497 e. The first-order valence-corrected chi connectivity index (χ1v) is 7.61. The highest BCUT2D eigenvalue weighted by molar-refractivity contribution is 5.78. The lowest BCUT2D eigenvalue weighted by Gasteiger charge is -2.06. The van der Waals surface area contributed by atoms with Crippen molar-refractivity contribution in [1.29, 1.82) is 0 Å². The van der Waals surface area contributed by atoms with E-state index >= 15 is 0 Å². The van der Waals surface area contributed by atoms with Crippen LogP contribution in [-0.4, -0.2) is 33.7 Å². The van der Waals surface area contributed by atoms with Crippen LogP contribution < -0.4 is 15.7 Å². The molecule has 2 heterocycles. The maximum absolute atomic E-state index is 12.1. The van der Waals surface area contributed by atoms with Crippen molar-refractivity contribution in [2.24, 2.45) is 0 Å². The van der Waals surface area contributed by atoms with Gasteiger partial charge in [0, 0.05) is 12.7 Å². The predicted octanol–water partition coefficient (Wildman–Crippen LogP) is 0.863. The Labute approximate surface area is 138 Å². The van der Waals surface area contributed by atoms with E-state index in [1.165, 1.54) is 9.08 Å². The second-order valence-electron chi connectivity index (χ2n) is 5.31. The fourth-order valence-electron chi connectivity index (χ4n) is 2.45. The number of hydrogen-bond donors (Lipinski definition) is 1. The highest BCUT2D eigenvalue weighted by Crippen LogP contribution is 2.12.